The predicted molar refractivity (Wildman–Crippen MR) is 37.2 cm³/mol. The highest BCUT2D eigenvalue weighted by Gasteiger charge is 1.77. The van der Waals surface area contributed by atoms with Crippen LogP contribution in [0.4, 0.5) is 0 Å². The van der Waals surface area contributed by atoms with Crippen LogP contribution in [0.1, 0.15) is 6.42 Å². The van der Waals surface area contributed by atoms with Crippen LogP contribution in [-0.4, -0.2) is 19.8 Å². The monoisotopic (exact) mass is 112 g/mol. The van der Waals surface area contributed by atoms with Gasteiger partial charge in [0.1, 0.15) is 0 Å². The fourth-order valence-corrected chi connectivity index (χ4v) is 0.395. The molecule has 0 aliphatic carbocycles. The molecule has 46 valence electrons. The number of hydrogen-bond acceptors (Lipinski definition) is 2. The minimum Gasteiger partial charge on any atom is -0.391 e. The Bertz CT molecular complexity index is 58.9. The molecule has 0 aliphatic heterocycles. The SMILES string of the molecule is C=CNCCCN=C. The Hall–Kier alpha value is -0.790. The summed E-state index contributed by atoms with van der Waals surface area (Å²) in [5, 5.41) is 2.96. The summed E-state index contributed by atoms with van der Waals surface area (Å²) in [6.07, 6.45) is 2.72. The van der Waals surface area contributed by atoms with Crippen LogP contribution in [-0.2, 0) is 0 Å². The highest BCUT2D eigenvalue weighted by atomic mass is 14.8. The lowest BCUT2D eigenvalue weighted by Gasteiger charge is -1.94. The molecule has 0 aromatic rings. The van der Waals surface area contributed by atoms with E-state index in [1.54, 1.807) is 6.20 Å². The van der Waals surface area contributed by atoms with Gasteiger partial charge in [-0.15, -0.1) is 0 Å². The molecule has 0 aromatic heterocycles. The van der Waals surface area contributed by atoms with E-state index in [2.05, 4.69) is 23.6 Å². The van der Waals surface area contributed by atoms with E-state index in [1.165, 1.54) is 0 Å². The zero-order valence-corrected chi connectivity index (χ0v) is 5.06. The van der Waals surface area contributed by atoms with E-state index in [0.717, 1.165) is 19.5 Å². The van der Waals surface area contributed by atoms with Crippen molar-refractivity contribution in [3.8, 4) is 0 Å². The second-order valence-electron chi connectivity index (χ2n) is 1.46. The lowest BCUT2D eigenvalue weighted by Crippen LogP contribution is -2.06. The first-order valence-corrected chi connectivity index (χ1v) is 2.68. The molecular formula is C6H12N2. The Morgan fingerprint density at radius 2 is 2.38 bits per heavy atom. The van der Waals surface area contributed by atoms with Gasteiger partial charge >= 0.3 is 0 Å². The number of rotatable bonds is 5. The molecule has 0 amide bonds. The maximum Gasteiger partial charge on any atom is 0.0398 e. The molecule has 0 atom stereocenters. The largest absolute Gasteiger partial charge is 0.391 e. The third-order valence-electron chi connectivity index (χ3n) is 0.782. The van der Waals surface area contributed by atoms with Gasteiger partial charge < -0.3 is 10.3 Å². The van der Waals surface area contributed by atoms with Crippen molar-refractivity contribution in [3.05, 3.63) is 12.8 Å². The van der Waals surface area contributed by atoms with Crippen LogP contribution in [0, 0.1) is 0 Å². The third-order valence-corrected chi connectivity index (χ3v) is 0.782. The number of hydrogen-bond donors (Lipinski definition) is 1. The highest BCUT2D eigenvalue weighted by Crippen LogP contribution is 1.74. The van der Waals surface area contributed by atoms with Crippen molar-refractivity contribution in [2.45, 2.75) is 6.42 Å². The first-order chi connectivity index (χ1) is 3.91. The minimum atomic E-state index is 0.834. The van der Waals surface area contributed by atoms with Crippen LogP contribution in [0.15, 0.2) is 17.8 Å². The smallest absolute Gasteiger partial charge is 0.0398 e. The van der Waals surface area contributed by atoms with E-state index < -0.39 is 0 Å². The van der Waals surface area contributed by atoms with Gasteiger partial charge in [-0.1, -0.05) is 6.58 Å². The number of aliphatic imine (C=N–C) groups is 1. The minimum absolute atomic E-state index is 0.834. The fraction of sp³-hybridized carbons (Fsp3) is 0.500. The van der Waals surface area contributed by atoms with E-state index >= 15 is 0 Å². The fourth-order valence-electron chi connectivity index (χ4n) is 0.395. The molecule has 2 nitrogen and oxygen atoms in total. The van der Waals surface area contributed by atoms with E-state index in [-0.39, 0.29) is 0 Å². The van der Waals surface area contributed by atoms with Crippen LogP contribution < -0.4 is 5.32 Å². The van der Waals surface area contributed by atoms with Gasteiger partial charge in [0.15, 0.2) is 0 Å². The lowest BCUT2D eigenvalue weighted by molar-refractivity contribution is 0.765. The van der Waals surface area contributed by atoms with Crippen LogP contribution in [0.2, 0.25) is 0 Å². The quantitative estimate of drug-likeness (QED) is 0.413. The molecule has 0 saturated carbocycles. The van der Waals surface area contributed by atoms with Gasteiger partial charge in [-0.25, -0.2) is 0 Å². The molecule has 1 N–H and O–H groups in total. The molecule has 0 rings (SSSR count). The average molecular weight is 112 g/mol. The summed E-state index contributed by atoms with van der Waals surface area (Å²) in [7, 11) is 0. The number of nitrogens with one attached hydrogen (secondary N) is 1. The molecule has 8 heavy (non-hydrogen) atoms. The van der Waals surface area contributed by atoms with Gasteiger partial charge in [0, 0.05) is 13.1 Å². The predicted octanol–water partition coefficient (Wildman–Crippen LogP) is 0.810. The molecule has 0 spiro atoms. The Morgan fingerprint density at radius 3 is 2.88 bits per heavy atom. The van der Waals surface area contributed by atoms with Crippen molar-refractivity contribution in [2.75, 3.05) is 13.1 Å². The van der Waals surface area contributed by atoms with Crippen molar-refractivity contribution in [2.24, 2.45) is 4.99 Å². The van der Waals surface area contributed by atoms with Crippen molar-refractivity contribution in [3.63, 3.8) is 0 Å². The molecular weight excluding hydrogens is 100 g/mol. The zero-order valence-electron chi connectivity index (χ0n) is 5.06. The van der Waals surface area contributed by atoms with Crippen molar-refractivity contribution in [1.82, 2.24) is 5.32 Å². The number of nitrogens with zero attached hydrogens (tertiary/aromatic N) is 1. The van der Waals surface area contributed by atoms with Crippen LogP contribution in [0.3, 0.4) is 0 Å². The zero-order chi connectivity index (χ0) is 6.24. The van der Waals surface area contributed by atoms with Crippen molar-refractivity contribution < 1.29 is 0 Å². The maximum absolute atomic E-state index is 3.68. The van der Waals surface area contributed by atoms with Gasteiger partial charge in [0.25, 0.3) is 0 Å². The molecule has 2 heteroatoms. The van der Waals surface area contributed by atoms with Crippen LogP contribution >= 0.6 is 0 Å². The van der Waals surface area contributed by atoms with Gasteiger partial charge in [-0.3, -0.25) is 0 Å². The first kappa shape index (κ1) is 7.21. The normalized spacial score (nSPS) is 8.00. The van der Waals surface area contributed by atoms with E-state index in [1.807, 2.05) is 0 Å². The molecule has 0 bridgehead atoms. The van der Waals surface area contributed by atoms with Gasteiger partial charge in [0.2, 0.25) is 0 Å². The topological polar surface area (TPSA) is 24.4 Å². The Labute approximate surface area is 50.3 Å². The molecule has 0 unspecified atom stereocenters. The highest BCUT2D eigenvalue weighted by molar-refractivity contribution is 5.22. The Kier molecular flexibility index (Phi) is 5.60. The molecule has 0 heterocycles. The summed E-state index contributed by atoms with van der Waals surface area (Å²) in [5.41, 5.74) is 0. The van der Waals surface area contributed by atoms with E-state index in [0.29, 0.717) is 0 Å². The Balaban J connectivity index is 2.71. The maximum atomic E-state index is 3.68. The van der Waals surface area contributed by atoms with Crippen molar-refractivity contribution in [1.29, 1.82) is 0 Å². The third kappa shape index (κ3) is 5.21. The average Bonchev–Trinajstić information content (AvgIpc) is 1.81. The van der Waals surface area contributed by atoms with Gasteiger partial charge in [-0.2, -0.15) is 0 Å². The Morgan fingerprint density at radius 1 is 1.62 bits per heavy atom. The van der Waals surface area contributed by atoms with Crippen LogP contribution in [0.5, 0.6) is 0 Å². The molecule has 0 radical (unpaired) electrons. The van der Waals surface area contributed by atoms with Crippen LogP contribution in [0.25, 0.3) is 0 Å². The summed E-state index contributed by atoms with van der Waals surface area (Å²) in [6.45, 7) is 8.64. The van der Waals surface area contributed by atoms with Gasteiger partial charge in [0.05, 0.1) is 0 Å². The lowest BCUT2D eigenvalue weighted by atomic mass is 10.4. The second-order valence-corrected chi connectivity index (χ2v) is 1.46. The summed E-state index contributed by atoms with van der Waals surface area (Å²) >= 11 is 0. The summed E-state index contributed by atoms with van der Waals surface area (Å²) in [6, 6.07) is 0. The summed E-state index contributed by atoms with van der Waals surface area (Å²) < 4.78 is 0. The van der Waals surface area contributed by atoms with Gasteiger partial charge in [-0.05, 0) is 19.3 Å². The molecule has 0 aromatic carbocycles. The molecule has 0 aliphatic rings. The van der Waals surface area contributed by atoms with E-state index in [4.69, 9.17) is 0 Å². The summed E-state index contributed by atoms with van der Waals surface area (Å²) in [5.74, 6) is 0. The molecule has 0 fully saturated rings. The second kappa shape index (κ2) is 6.21. The first-order valence-electron chi connectivity index (χ1n) is 2.68. The van der Waals surface area contributed by atoms with Crippen molar-refractivity contribution >= 4 is 6.72 Å². The van der Waals surface area contributed by atoms with E-state index in [9.17, 15) is 0 Å². The summed E-state index contributed by atoms with van der Waals surface area (Å²) in [4.78, 5) is 3.68. The molecule has 0 saturated heterocycles. The standard InChI is InChI=1S/C6H12N2/c1-3-8-6-4-5-7-2/h3,8H,1-2,4-6H2.